The molecule has 0 aliphatic carbocycles. The molecule has 0 saturated carbocycles. The lowest BCUT2D eigenvalue weighted by Gasteiger charge is -2.05. The quantitative estimate of drug-likeness (QED) is 0.757. The fraction of sp³-hybridized carbons (Fsp3) is 0.100. The normalized spacial score (nSPS) is 11.4. The van der Waals surface area contributed by atoms with E-state index in [-0.39, 0.29) is 22.3 Å². The molecule has 2 rings (SSSR count). The van der Waals surface area contributed by atoms with Crippen molar-refractivity contribution in [2.75, 3.05) is 0 Å². The minimum absolute atomic E-state index is 0.0457. The van der Waals surface area contributed by atoms with Gasteiger partial charge in [-0.15, -0.1) is 0 Å². The summed E-state index contributed by atoms with van der Waals surface area (Å²) in [5, 5.41) is 3.50. The van der Waals surface area contributed by atoms with Gasteiger partial charge in [0.2, 0.25) is 16.4 Å². The molecule has 9 heteroatoms. The zero-order chi connectivity index (χ0) is 13.9. The van der Waals surface area contributed by atoms with Crippen molar-refractivity contribution in [2.24, 2.45) is 5.73 Å². The van der Waals surface area contributed by atoms with Crippen molar-refractivity contribution in [1.82, 2.24) is 14.9 Å². The highest BCUT2D eigenvalue weighted by Crippen LogP contribution is 2.10. The van der Waals surface area contributed by atoms with Gasteiger partial charge < -0.3 is 10.3 Å². The van der Waals surface area contributed by atoms with E-state index in [1.807, 2.05) is 0 Å². The van der Waals surface area contributed by atoms with Gasteiger partial charge in [0.1, 0.15) is 4.99 Å². The van der Waals surface area contributed by atoms with Crippen LogP contribution in [0.1, 0.15) is 11.4 Å². The molecule has 0 unspecified atom stereocenters. The van der Waals surface area contributed by atoms with E-state index in [4.69, 9.17) is 18.0 Å². The predicted octanol–water partition coefficient (Wildman–Crippen LogP) is 0.182. The minimum atomic E-state index is -3.63. The molecule has 1 aromatic carbocycles. The highest BCUT2D eigenvalue weighted by Gasteiger charge is 2.14. The number of aromatic nitrogens is 2. The van der Waals surface area contributed by atoms with Gasteiger partial charge in [0.05, 0.1) is 11.4 Å². The van der Waals surface area contributed by atoms with Crippen LogP contribution in [-0.4, -0.2) is 23.5 Å². The Bertz CT molecular complexity index is 665. The van der Waals surface area contributed by atoms with Gasteiger partial charge in [0.25, 0.3) is 0 Å². The zero-order valence-electron chi connectivity index (χ0n) is 9.61. The van der Waals surface area contributed by atoms with Gasteiger partial charge in [-0.3, -0.25) is 0 Å². The van der Waals surface area contributed by atoms with E-state index in [1.54, 1.807) is 12.1 Å². The topological polar surface area (TPSA) is 111 Å². The molecule has 3 N–H and O–H groups in total. The van der Waals surface area contributed by atoms with E-state index in [9.17, 15) is 8.42 Å². The Morgan fingerprint density at radius 1 is 1.37 bits per heavy atom. The van der Waals surface area contributed by atoms with Crippen molar-refractivity contribution < 1.29 is 12.9 Å². The number of rotatable bonds is 5. The molecule has 1 heterocycles. The van der Waals surface area contributed by atoms with E-state index in [2.05, 4.69) is 19.4 Å². The maximum atomic E-state index is 11.9. The third kappa shape index (κ3) is 3.34. The van der Waals surface area contributed by atoms with Crippen molar-refractivity contribution in [3.63, 3.8) is 0 Å². The molecule has 0 aliphatic rings. The molecule has 0 saturated heterocycles. The van der Waals surface area contributed by atoms with Crippen LogP contribution in [0.3, 0.4) is 0 Å². The summed E-state index contributed by atoms with van der Waals surface area (Å²) < 4.78 is 30.7. The Hall–Kier alpha value is -1.84. The highest BCUT2D eigenvalue weighted by atomic mass is 32.2. The first-order chi connectivity index (χ1) is 8.99. The second-order valence-corrected chi connectivity index (χ2v) is 5.77. The van der Waals surface area contributed by atoms with Gasteiger partial charge in [-0.05, 0) is 12.1 Å². The Morgan fingerprint density at radius 2 is 2.05 bits per heavy atom. The number of hydrogen-bond donors (Lipinski definition) is 2. The fourth-order valence-corrected chi connectivity index (χ4v) is 2.43. The lowest BCUT2D eigenvalue weighted by molar-refractivity contribution is 0.409. The van der Waals surface area contributed by atoms with Crippen molar-refractivity contribution in [3.05, 3.63) is 42.0 Å². The molecule has 2 aromatic rings. The van der Waals surface area contributed by atoms with E-state index in [1.165, 1.54) is 12.1 Å². The molecule has 0 atom stereocenters. The van der Waals surface area contributed by atoms with Gasteiger partial charge in [-0.2, -0.15) is 4.98 Å². The van der Waals surface area contributed by atoms with Crippen LogP contribution in [0.2, 0.25) is 0 Å². The average Bonchev–Trinajstić information content (AvgIpc) is 2.90. The summed E-state index contributed by atoms with van der Waals surface area (Å²) in [6.07, 6.45) is 1.13. The molecule has 0 aliphatic heterocycles. The van der Waals surface area contributed by atoms with Crippen LogP contribution in [-0.2, 0) is 16.6 Å². The van der Waals surface area contributed by atoms with Crippen LogP contribution in [0, 0.1) is 0 Å². The van der Waals surface area contributed by atoms with Crippen LogP contribution in [0.25, 0.3) is 0 Å². The van der Waals surface area contributed by atoms with Crippen molar-refractivity contribution in [1.29, 1.82) is 0 Å². The molecular weight excluding hydrogens is 288 g/mol. The van der Waals surface area contributed by atoms with Crippen molar-refractivity contribution in [2.45, 2.75) is 11.4 Å². The second-order valence-electron chi connectivity index (χ2n) is 3.56. The van der Waals surface area contributed by atoms with Gasteiger partial charge in [-0.1, -0.05) is 29.5 Å². The molecule has 0 bridgehead atoms. The van der Waals surface area contributed by atoms with E-state index < -0.39 is 10.0 Å². The summed E-state index contributed by atoms with van der Waals surface area (Å²) >= 11 is 4.79. The first-order valence-electron chi connectivity index (χ1n) is 5.14. The first-order valence-corrected chi connectivity index (χ1v) is 7.03. The number of nitrogens with one attached hydrogen (secondary N) is 1. The summed E-state index contributed by atoms with van der Waals surface area (Å²) in [6.45, 7) is -0.0457. The lowest BCUT2D eigenvalue weighted by atomic mass is 10.2. The predicted molar refractivity (Wildman–Crippen MR) is 70.7 cm³/mol. The van der Waals surface area contributed by atoms with Crippen molar-refractivity contribution in [3.8, 4) is 0 Å². The standard InChI is InChI=1S/C10H10N4O3S2/c11-10(18)7-1-3-8(4-2-7)19(15,16)13-5-9-12-6-17-14-9/h1-4,6,13H,5H2,(H2,11,18). The molecule has 0 spiro atoms. The van der Waals surface area contributed by atoms with E-state index in [0.717, 1.165) is 6.39 Å². The largest absolute Gasteiger partial charge is 0.389 e. The molecule has 0 amide bonds. The second kappa shape index (κ2) is 5.43. The molecule has 7 nitrogen and oxygen atoms in total. The van der Waals surface area contributed by atoms with Crippen LogP contribution in [0.5, 0.6) is 0 Å². The van der Waals surface area contributed by atoms with Crippen LogP contribution >= 0.6 is 12.2 Å². The molecule has 0 radical (unpaired) electrons. The molecule has 1 aromatic heterocycles. The molecular formula is C10H10N4O3S2. The van der Waals surface area contributed by atoms with Gasteiger partial charge in [-0.25, -0.2) is 13.1 Å². The first kappa shape index (κ1) is 13.6. The van der Waals surface area contributed by atoms with Crippen molar-refractivity contribution >= 4 is 27.2 Å². The Morgan fingerprint density at radius 3 is 2.58 bits per heavy atom. The Labute approximate surface area is 114 Å². The van der Waals surface area contributed by atoms with E-state index >= 15 is 0 Å². The SMILES string of the molecule is NC(=S)c1ccc(S(=O)(=O)NCc2ncon2)cc1. The summed E-state index contributed by atoms with van der Waals surface area (Å²) in [4.78, 5) is 4.03. The smallest absolute Gasteiger partial charge is 0.240 e. The van der Waals surface area contributed by atoms with Crippen LogP contribution in [0.4, 0.5) is 0 Å². The molecule has 100 valence electrons. The van der Waals surface area contributed by atoms with Gasteiger partial charge in [0.15, 0.2) is 5.82 Å². The number of nitrogens with zero attached hydrogens (tertiary/aromatic N) is 2. The Kier molecular flexibility index (Phi) is 3.88. The van der Waals surface area contributed by atoms with Gasteiger partial charge in [0, 0.05) is 5.56 Å². The number of hydrogen-bond acceptors (Lipinski definition) is 6. The molecule has 0 fully saturated rings. The highest BCUT2D eigenvalue weighted by molar-refractivity contribution is 7.89. The summed E-state index contributed by atoms with van der Waals surface area (Å²) in [7, 11) is -3.63. The summed E-state index contributed by atoms with van der Waals surface area (Å²) in [5.74, 6) is 0.253. The monoisotopic (exact) mass is 298 g/mol. The maximum absolute atomic E-state index is 11.9. The van der Waals surface area contributed by atoms with E-state index in [0.29, 0.717) is 5.56 Å². The maximum Gasteiger partial charge on any atom is 0.240 e. The number of thiocarbonyl (C=S) groups is 1. The summed E-state index contributed by atoms with van der Waals surface area (Å²) in [5.41, 5.74) is 6.04. The number of sulfonamides is 1. The Balaban J connectivity index is 2.13. The fourth-order valence-electron chi connectivity index (χ4n) is 1.31. The third-order valence-corrected chi connectivity index (χ3v) is 3.93. The third-order valence-electron chi connectivity index (χ3n) is 2.28. The minimum Gasteiger partial charge on any atom is -0.389 e. The van der Waals surface area contributed by atoms with Gasteiger partial charge >= 0.3 is 0 Å². The molecule has 19 heavy (non-hydrogen) atoms. The average molecular weight is 298 g/mol. The number of benzene rings is 1. The summed E-state index contributed by atoms with van der Waals surface area (Å²) in [6, 6.07) is 5.94. The van der Waals surface area contributed by atoms with Crippen LogP contribution < -0.4 is 10.5 Å². The number of nitrogens with two attached hydrogens (primary N) is 1. The van der Waals surface area contributed by atoms with Crippen LogP contribution in [0.15, 0.2) is 40.1 Å². The zero-order valence-corrected chi connectivity index (χ0v) is 11.2. The lowest BCUT2D eigenvalue weighted by Crippen LogP contribution is -2.24.